The van der Waals surface area contributed by atoms with E-state index >= 15 is 0 Å². The number of likely N-dealkylation sites (tertiary alicyclic amines) is 1. The Morgan fingerprint density at radius 2 is 2.40 bits per heavy atom. The number of nitrogens with two attached hydrogens (primary N) is 1. The van der Waals surface area contributed by atoms with E-state index in [2.05, 4.69) is 20.9 Å². The molecule has 1 saturated heterocycles. The predicted octanol–water partition coefficient (Wildman–Crippen LogP) is 1.02. The highest BCUT2D eigenvalue weighted by Crippen LogP contribution is 2.15. The van der Waals surface area contributed by atoms with Gasteiger partial charge in [0.25, 0.3) is 5.91 Å². The first-order valence-corrected chi connectivity index (χ1v) is 5.61. The van der Waals surface area contributed by atoms with Gasteiger partial charge in [-0.1, -0.05) is 0 Å². The summed E-state index contributed by atoms with van der Waals surface area (Å²) in [5, 5.41) is 0. The van der Waals surface area contributed by atoms with Gasteiger partial charge >= 0.3 is 0 Å². The van der Waals surface area contributed by atoms with E-state index < -0.39 is 0 Å². The monoisotopic (exact) mass is 269 g/mol. The number of pyridine rings is 1. The molecule has 2 rings (SSSR count). The van der Waals surface area contributed by atoms with Crippen LogP contribution < -0.4 is 5.73 Å². The third-order valence-corrected chi connectivity index (χ3v) is 2.90. The second-order valence-corrected chi connectivity index (χ2v) is 4.61. The second-order valence-electron chi connectivity index (χ2n) is 3.69. The molecule has 0 aromatic carbocycles. The van der Waals surface area contributed by atoms with Crippen molar-refractivity contribution in [1.82, 2.24) is 9.88 Å². The highest BCUT2D eigenvalue weighted by atomic mass is 79.9. The Morgan fingerprint density at radius 1 is 1.60 bits per heavy atom. The highest BCUT2D eigenvalue weighted by molar-refractivity contribution is 9.10. The quantitative estimate of drug-likeness (QED) is 0.828. The summed E-state index contributed by atoms with van der Waals surface area (Å²) < 4.78 is 0.817. The average Bonchev–Trinajstić information content (AvgIpc) is 2.64. The second kappa shape index (κ2) is 4.28. The van der Waals surface area contributed by atoms with E-state index in [1.54, 1.807) is 23.4 Å². The SMILES string of the molecule is NC1CCN(C(=O)c2cncc(Br)c2)C1. The summed E-state index contributed by atoms with van der Waals surface area (Å²) in [6.45, 7) is 1.39. The molecule has 0 aliphatic carbocycles. The highest BCUT2D eigenvalue weighted by Gasteiger charge is 2.24. The van der Waals surface area contributed by atoms with Gasteiger partial charge in [-0.15, -0.1) is 0 Å². The van der Waals surface area contributed by atoms with E-state index in [1.165, 1.54) is 0 Å². The molecule has 15 heavy (non-hydrogen) atoms. The number of amides is 1. The number of rotatable bonds is 1. The van der Waals surface area contributed by atoms with Crippen molar-refractivity contribution in [2.24, 2.45) is 5.73 Å². The minimum absolute atomic E-state index is 0.0109. The van der Waals surface area contributed by atoms with Crippen LogP contribution in [0.5, 0.6) is 0 Å². The molecule has 1 aliphatic heterocycles. The average molecular weight is 270 g/mol. The number of carbonyl (C=O) groups is 1. The lowest BCUT2D eigenvalue weighted by atomic mass is 10.2. The zero-order valence-corrected chi connectivity index (χ0v) is 9.77. The zero-order chi connectivity index (χ0) is 10.8. The molecule has 1 amide bonds. The van der Waals surface area contributed by atoms with E-state index in [0.29, 0.717) is 12.1 Å². The molecule has 1 unspecified atom stereocenters. The van der Waals surface area contributed by atoms with Crippen LogP contribution in [0.3, 0.4) is 0 Å². The molecule has 1 atom stereocenters. The van der Waals surface area contributed by atoms with Crippen LogP contribution in [0.15, 0.2) is 22.9 Å². The Balaban J connectivity index is 2.14. The van der Waals surface area contributed by atoms with Gasteiger partial charge in [0.2, 0.25) is 0 Å². The van der Waals surface area contributed by atoms with Crippen LogP contribution in [0, 0.1) is 0 Å². The molecule has 80 valence electrons. The molecule has 1 aromatic heterocycles. The molecule has 0 bridgehead atoms. The molecule has 2 N–H and O–H groups in total. The van der Waals surface area contributed by atoms with Crippen LogP contribution >= 0.6 is 15.9 Å². The molecule has 2 heterocycles. The van der Waals surface area contributed by atoms with Crippen molar-refractivity contribution in [3.8, 4) is 0 Å². The molecule has 0 radical (unpaired) electrons. The van der Waals surface area contributed by atoms with Gasteiger partial charge in [-0.3, -0.25) is 9.78 Å². The Hall–Kier alpha value is -0.940. The van der Waals surface area contributed by atoms with Gasteiger partial charge in [-0.25, -0.2) is 0 Å². The van der Waals surface area contributed by atoms with Crippen LogP contribution in [-0.4, -0.2) is 34.9 Å². The van der Waals surface area contributed by atoms with E-state index in [4.69, 9.17) is 5.73 Å². The first-order valence-electron chi connectivity index (χ1n) is 4.82. The third kappa shape index (κ3) is 2.35. The minimum atomic E-state index is 0.0109. The van der Waals surface area contributed by atoms with E-state index in [9.17, 15) is 4.79 Å². The number of aromatic nitrogens is 1. The van der Waals surface area contributed by atoms with Crippen LogP contribution in [-0.2, 0) is 0 Å². The molecular weight excluding hydrogens is 258 g/mol. The zero-order valence-electron chi connectivity index (χ0n) is 8.19. The summed E-state index contributed by atoms with van der Waals surface area (Å²) >= 11 is 3.29. The van der Waals surface area contributed by atoms with Gasteiger partial charge in [0.05, 0.1) is 5.56 Å². The number of nitrogens with zero attached hydrogens (tertiary/aromatic N) is 2. The summed E-state index contributed by atoms with van der Waals surface area (Å²) in [7, 11) is 0. The predicted molar refractivity (Wildman–Crippen MR) is 60.4 cm³/mol. The lowest BCUT2D eigenvalue weighted by Gasteiger charge is -2.15. The lowest BCUT2D eigenvalue weighted by molar-refractivity contribution is 0.0790. The van der Waals surface area contributed by atoms with Gasteiger partial charge in [0.15, 0.2) is 0 Å². The smallest absolute Gasteiger partial charge is 0.255 e. The fraction of sp³-hybridized carbons (Fsp3) is 0.400. The van der Waals surface area contributed by atoms with Crippen LogP contribution in [0.25, 0.3) is 0 Å². The van der Waals surface area contributed by atoms with Gasteiger partial charge < -0.3 is 10.6 Å². The Morgan fingerprint density at radius 3 is 3.00 bits per heavy atom. The van der Waals surface area contributed by atoms with Gasteiger partial charge in [-0.2, -0.15) is 0 Å². The standard InChI is InChI=1S/C10H12BrN3O/c11-8-3-7(4-13-5-8)10(15)14-2-1-9(12)6-14/h3-5,9H,1-2,6,12H2. The fourth-order valence-corrected chi connectivity index (χ4v) is 2.05. The number of carbonyl (C=O) groups excluding carboxylic acids is 1. The maximum atomic E-state index is 12.0. The summed E-state index contributed by atoms with van der Waals surface area (Å²) in [5.41, 5.74) is 6.36. The normalized spacial score (nSPS) is 20.7. The molecular formula is C10H12BrN3O. The number of hydrogen-bond donors (Lipinski definition) is 1. The van der Waals surface area contributed by atoms with Gasteiger partial charge in [-0.05, 0) is 28.4 Å². The largest absolute Gasteiger partial charge is 0.337 e. The maximum absolute atomic E-state index is 12.0. The van der Waals surface area contributed by atoms with Crippen LogP contribution in [0.2, 0.25) is 0 Å². The van der Waals surface area contributed by atoms with Crippen LogP contribution in [0.4, 0.5) is 0 Å². The van der Waals surface area contributed by atoms with E-state index in [1.807, 2.05) is 0 Å². The van der Waals surface area contributed by atoms with Crippen molar-refractivity contribution >= 4 is 21.8 Å². The maximum Gasteiger partial charge on any atom is 0.255 e. The van der Waals surface area contributed by atoms with Crippen molar-refractivity contribution in [2.75, 3.05) is 13.1 Å². The first-order chi connectivity index (χ1) is 7.16. The Bertz CT molecular complexity index is 383. The summed E-state index contributed by atoms with van der Waals surface area (Å²) in [4.78, 5) is 17.7. The van der Waals surface area contributed by atoms with Crippen molar-refractivity contribution in [3.05, 3.63) is 28.5 Å². The number of halogens is 1. The Kier molecular flexibility index (Phi) is 3.02. The van der Waals surface area contributed by atoms with Crippen LogP contribution in [0.1, 0.15) is 16.8 Å². The van der Waals surface area contributed by atoms with E-state index in [-0.39, 0.29) is 11.9 Å². The topological polar surface area (TPSA) is 59.2 Å². The van der Waals surface area contributed by atoms with Gasteiger partial charge in [0, 0.05) is 36.0 Å². The minimum Gasteiger partial charge on any atom is -0.337 e. The summed E-state index contributed by atoms with van der Waals surface area (Å²) in [5.74, 6) is 0.0109. The van der Waals surface area contributed by atoms with E-state index in [0.717, 1.165) is 17.4 Å². The molecule has 0 saturated carbocycles. The van der Waals surface area contributed by atoms with Crippen molar-refractivity contribution in [1.29, 1.82) is 0 Å². The first kappa shape index (κ1) is 10.6. The van der Waals surface area contributed by atoms with Crippen molar-refractivity contribution in [3.63, 3.8) is 0 Å². The molecule has 1 aromatic rings. The molecule has 5 heteroatoms. The molecule has 4 nitrogen and oxygen atoms in total. The summed E-state index contributed by atoms with van der Waals surface area (Å²) in [6, 6.07) is 1.90. The lowest BCUT2D eigenvalue weighted by Crippen LogP contribution is -2.31. The number of hydrogen-bond acceptors (Lipinski definition) is 3. The third-order valence-electron chi connectivity index (χ3n) is 2.46. The summed E-state index contributed by atoms with van der Waals surface area (Å²) in [6.07, 6.45) is 4.12. The molecule has 1 fully saturated rings. The Labute approximate surface area is 96.6 Å². The fourth-order valence-electron chi connectivity index (χ4n) is 1.68. The van der Waals surface area contributed by atoms with Crippen molar-refractivity contribution in [2.45, 2.75) is 12.5 Å². The molecule has 0 spiro atoms. The van der Waals surface area contributed by atoms with Gasteiger partial charge in [0.1, 0.15) is 0 Å². The molecule has 1 aliphatic rings. The van der Waals surface area contributed by atoms with Crippen molar-refractivity contribution < 1.29 is 4.79 Å².